The van der Waals surface area contributed by atoms with Crippen molar-refractivity contribution in [3.63, 3.8) is 0 Å². The second kappa shape index (κ2) is 6.20. The number of rotatable bonds is 4. The maximum atomic E-state index is 12.3. The highest BCUT2D eigenvalue weighted by atomic mass is 35.5. The molecule has 2 N–H and O–H groups in total. The van der Waals surface area contributed by atoms with E-state index in [1.165, 1.54) is 12.1 Å². The fourth-order valence-corrected chi connectivity index (χ4v) is 4.69. The largest absolute Gasteiger partial charge is 0.389 e. The van der Waals surface area contributed by atoms with Gasteiger partial charge in [0.05, 0.1) is 15.6 Å². The van der Waals surface area contributed by atoms with Gasteiger partial charge in [0.2, 0.25) is 10.0 Å². The first-order valence-corrected chi connectivity index (χ1v) is 8.74. The topological polar surface area (TPSA) is 66.4 Å². The monoisotopic (exact) mass is 337 g/mol. The third-order valence-corrected chi connectivity index (χ3v) is 5.92. The molecule has 0 atom stereocenters. The number of halogens is 2. The van der Waals surface area contributed by atoms with Gasteiger partial charge in [-0.2, -0.15) is 0 Å². The molecule has 0 heterocycles. The molecule has 1 fully saturated rings. The average molecular weight is 338 g/mol. The Morgan fingerprint density at radius 2 is 1.70 bits per heavy atom. The maximum Gasteiger partial charge on any atom is 0.243 e. The van der Waals surface area contributed by atoms with E-state index in [-0.39, 0.29) is 21.5 Å². The van der Waals surface area contributed by atoms with Crippen LogP contribution in [-0.2, 0) is 10.0 Å². The highest BCUT2D eigenvalue weighted by Gasteiger charge is 2.32. The van der Waals surface area contributed by atoms with Crippen molar-refractivity contribution in [2.24, 2.45) is 0 Å². The molecule has 4 nitrogen and oxygen atoms in total. The van der Waals surface area contributed by atoms with Gasteiger partial charge in [0.25, 0.3) is 0 Å². The van der Waals surface area contributed by atoms with Crippen molar-refractivity contribution < 1.29 is 13.5 Å². The number of hydrogen-bond donors (Lipinski definition) is 2. The summed E-state index contributed by atoms with van der Waals surface area (Å²) in [5.41, 5.74) is -0.973. The predicted molar refractivity (Wildman–Crippen MR) is 79.7 cm³/mol. The molecule has 1 aliphatic rings. The van der Waals surface area contributed by atoms with Crippen LogP contribution in [0, 0.1) is 0 Å². The van der Waals surface area contributed by atoms with Crippen molar-refractivity contribution in [3.05, 3.63) is 28.2 Å². The lowest BCUT2D eigenvalue weighted by molar-refractivity contribution is 0.00945. The number of benzene rings is 1. The molecule has 1 aromatic carbocycles. The minimum atomic E-state index is -3.83. The smallest absolute Gasteiger partial charge is 0.243 e. The van der Waals surface area contributed by atoms with Crippen molar-refractivity contribution in [1.82, 2.24) is 4.72 Å². The molecule has 0 saturated heterocycles. The predicted octanol–water partition coefficient (Wildman–Crippen LogP) is 2.97. The van der Waals surface area contributed by atoms with Crippen LogP contribution in [-0.4, -0.2) is 25.7 Å². The third kappa shape index (κ3) is 3.65. The van der Waals surface area contributed by atoms with E-state index < -0.39 is 15.6 Å². The summed E-state index contributed by atoms with van der Waals surface area (Å²) in [5, 5.41) is 10.5. The van der Waals surface area contributed by atoms with Crippen LogP contribution < -0.4 is 4.72 Å². The van der Waals surface area contributed by atoms with E-state index >= 15 is 0 Å². The van der Waals surface area contributed by atoms with Gasteiger partial charge in [-0.05, 0) is 25.0 Å². The summed E-state index contributed by atoms with van der Waals surface area (Å²) >= 11 is 11.8. The van der Waals surface area contributed by atoms with Gasteiger partial charge in [0, 0.05) is 6.54 Å². The molecule has 112 valence electrons. The molecule has 0 amide bonds. The first kappa shape index (κ1) is 16.0. The van der Waals surface area contributed by atoms with E-state index in [0.29, 0.717) is 12.8 Å². The Morgan fingerprint density at radius 3 is 2.25 bits per heavy atom. The van der Waals surface area contributed by atoms with Gasteiger partial charge in [-0.3, -0.25) is 0 Å². The van der Waals surface area contributed by atoms with E-state index in [0.717, 1.165) is 19.3 Å². The van der Waals surface area contributed by atoms with E-state index in [1.54, 1.807) is 6.07 Å². The van der Waals surface area contributed by atoms with Gasteiger partial charge in [0.15, 0.2) is 0 Å². The summed E-state index contributed by atoms with van der Waals surface area (Å²) in [5.74, 6) is 0. The van der Waals surface area contributed by atoms with E-state index in [4.69, 9.17) is 23.2 Å². The van der Waals surface area contributed by atoms with Gasteiger partial charge in [-0.15, -0.1) is 0 Å². The summed E-state index contributed by atoms with van der Waals surface area (Å²) < 4.78 is 27.0. The van der Waals surface area contributed by atoms with Crippen molar-refractivity contribution in [2.75, 3.05) is 6.54 Å². The highest BCUT2D eigenvalue weighted by molar-refractivity contribution is 7.89. The zero-order valence-corrected chi connectivity index (χ0v) is 13.2. The summed E-state index contributed by atoms with van der Waals surface area (Å²) in [6.07, 6.45) is 4.10. The van der Waals surface area contributed by atoms with Gasteiger partial charge in [-0.25, -0.2) is 13.1 Å². The molecule has 1 aromatic rings. The highest BCUT2D eigenvalue weighted by Crippen LogP contribution is 2.31. The Balaban J connectivity index is 2.15. The molecule has 2 rings (SSSR count). The molecule has 0 aliphatic heterocycles. The molecule has 7 heteroatoms. The molecule has 20 heavy (non-hydrogen) atoms. The van der Waals surface area contributed by atoms with Crippen LogP contribution in [0.25, 0.3) is 0 Å². The van der Waals surface area contributed by atoms with Gasteiger partial charge < -0.3 is 5.11 Å². The second-order valence-electron chi connectivity index (χ2n) is 5.16. The summed E-state index contributed by atoms with van der Waals surface area (Å²) in [4.78, 5) is -0.136. The van der Waals surface area contributed by atoms with Crippen LogP contribution in [0.5, 0.6) is 0 Å². The van der Waals surface area contributed by atoms with Crippen LogP contribution in [0.15, 0.2) is 23.1 Å². The number of sulfonamides is 1. The number of hydrogen-bond acceptors (Lipinski definition) is 3. The van der Waals surface area contributed by atoms with Crippen LogP contribution in [0.3, 0.4) is 0 Å². The van der Waals surface area contributed by atoms with Crippen LogP contribution in [0.4, 0.5) is 0 Å². The number of nitrogens with one attached hydrogen (secondary N) is 1. The normalized spacial score (nSPS) is 18.9. The Labute approximate surface area is 129 Å². The molecule has 1 saturated carbocycles. The quantitative estimate of drug-likeness (QED) is 0.887. The fraction of sp³-hybridized carbons (Fsp3) is 0.538. The number of aliphatic hydroxyl groups is 1. The summed E-state index contributed by atoms with van der Waals surface area (Å²) in [6, 6.07) is 4.52. The average Bonchev–Trinajstić information content (AvgIpc) is 2.37. The molecule has 0 aromatic heterocycles. The van der Waals surface area contributed by atoms with Gasteiger partial charge in [0.1, 0.15) is 4.90 Å². The Kier molecular flexibility index (Phi) is 4.97. The Hall–Kier alpha value is -0.330. The molecule has 0 unspecified atom stereocenters. The third-order valence-electron chi connectivity index (χ3n) is 3.56. The first-order chi connectivity index (χ1) is 9.34. The molecule has 0 spiro atoms. The Bertz CT molecular complexity index is 563. The maximum absolute atomic E-state index is 12.3. The first-order valence-electron chi connectivity index (χ1n) is 6.50. The minimum Gasteiger partial charge on any atom is -0.389 e. The SMILES string of the molecule is O=S(=O)(NCC1(O)CCCCC1)c1c(Cl)cccc1Cl. The molecular formula is C13H17Cl2NO3S. The van der Waals surface area contributed by atoms with E-state index in [2.05, 4.69) is 4.72 Å². The fourth-order valence-electron chi connectivity index (χ4n) is 2.43. The van der Waals surface area contributed by atoms with Crippen LogP contribution in [0.2, 0.25) is 10.0 Å². The second-order valence-corrected chi connectivity index (χ2v) is 7.68. The van der Waals surface area contributed by atoms with Crippen LogP contribution >= 0.6 is 23.2 Å². The zero-order chi connectivity index (χ0) is 14.8. The zero-order valence-electron chi connectivity index (χ0n) is 10.9. The minimum absolute atomic E-state index is 0.0170. The standard InChI is InChI=1S/C13H17Cl2NO3S/c14-10-5-4-6-11(15)12(10)20(18,19)16-9-13(17)7-2-1-3-8-13/h4-6,16-17H,1-3,7-9H2. The van der Waals surface area contributed by atoms with Crippen LogP contribution in [0.1, 0.15) is 32.1 Å². The molecule has 0 radical (unpaired) electrons. The van der Waals surface area contributed by atoms with Gasteiger partial charge >= 0.3 is 0 Å². The lowest BCUT2D eigenvalue weighted by Gasteiger charge is -2.32. The summed E-state index contributed by atoms with van der Waals surface area (Å²) in [6.45, 7) is -0.0170. The van der Waals surface area contributed by atoms with Crippen molar-refractivity contribution in [2.45, 2.75) is 42.6 Å². The molecule has 0 bridgehead atoms. The van der Waals surface area contributed by atoms with Gasteiger partial charge in [-0.1, -0.05) is 48.5 Å². The van der Waals surface area contributed by atoms with E-state index in [1.807, 2.05) is 0 Å². The molecule has 1 aliphatic carbocycles. The van der Waals surface area contributed by atoms with Crippen molar-refractivity contribution in [3.8, 4) is 0 Å². The van der Waals surface area contributed by atoms with Crippen molar-refractivity contribution in [1.29, 1.82) is 0 Å². The lowest BCUT2D eigenvalue weighted by Crippen LogP contribution is -2.44. The Morgan fingerprint density at radius 1 is 1.15 bits per heavy atom. The van der Waals surface area contributed by atoms with Crippen molar-refractivity contribution >= 4 is 33.2 Å². The lowest BCUT2D eigenvalue weighted by atomic mass is 9.85. The summed E-state index contributed by atoms with van der Waals surface area (Å²) in [7, 11) is -3.83. The molecular weight excluding hydrogens is 321 g/mol. The van der Waals surface area contributed by atoms with E-state index in [9.17, 15) is 13.5 Å².